The lowest BCUT2D eigenvalue weighted by molar-refractivity contribution is 0.0721. The number of aryl methyl sites for hydroxylation is 1. The molecule has 1 aliphatic heterocycles. The monoisotopic (exact) mass is 335 g/mol. The zero-order valence-corrected chi connectivity index (χ0v) is 13.4. The quantitative estimate of drug-likeness (QED) is 0.532. The van der Waals surface area contributed by atoms with Gasteiger partial charge in [0.25, 0.3) is 0 Å². The largest absolute Gasteiger partial charge is 0.419 e. The topological polar surface area (TPSA) is 56.5 Å². The molecule has 0 unspecified atom stereocenters. The van der Waals surface area contributed by atoms with Crippen molar-refractivity contribution in [2.75, 3.05) is 0 Å². The molecule has 0 radical (unpaired) electrons. The lowest BCUT2D eigenvalue weighted by Crippen LogP contribution is -2.13. The van der Waals surface area contributed by atoms with Gasteiger partial charge >= 0.3 is 5.97 Å². The normalized spacial score (nSPS) is 12.2. The predicted octanol–water partition coefficient (Wildman–Crippen LogP) is 3.47. The zero-order chi connectivity index (χ0) is 17.4. The fourth-order valence-electron chi connectivity index (χ4n) is 2.91. The van der Waals surface area contributed by atoms with Crippen LogP contribution >= 0.6 is 0 Å². The van der Waals surface area contributed by atoms with Gasteiger partial charge in [-0.15, -0.1) is 0 Å². The second-order valence-electron chi connectivity index (χ2n) is 5.64. The Morgan fingerprint density at radius 1 is 1.16 bits per heavy atom. The Morgan fingerprint density at radius 2 is 1.92 bits per heavy atom. The first-order valence-electron chi connectivity index (χ1n) is 7.79. The van der Waals surface area contributed by atoms with E-state index in [1.165, 1.54) is 18.2 Å². The number of hydrogen-bond acceptors (Lipinski definition) is 4. The number of aliphatic imine (C=N–C) groups is 1. The number of carbonyl (C=O) groups is 1. The molecule has 1 aliphatic rings. The molecule has 25 heavy (non-hydrogen) atoms. The molecule has 5 nitrogen and oxygen atoms in total. The highest BCUT2D eigenvalue weighted by Crippen LogP contribution is 2.25. The first-order chi connectivity index (χ1) is 12.1. The van der Waals surface area contributed by atoms with Gasteiger partial charge in [-0.05, 0) is 25.1 Å². The summed E-state index contributed by atoms with van der Waals surface area (Å²) < 4.78 is 20.8. The lowest BCUT2D eigenvalue weighted by Gasteiger charge is -2.10. The first kappa shape index (κ1) is 15.3. The van der Waals surface area contributed by atoms with Crippen molar-refractivity contribution in [1.82, 2.24) is 9.55 Å². The third-order valence-corrected chi connectivity index (χ3v) is 4.02. The highest BCUT2D eigenvalue weighted by molar-refractivity contribution is 5.92. The molecule has 0 fully saturated rings. The third kappa shape index (κ3) is 2.61. The van der Waals surface area contributed by atoms with Gasteiger partial charge in [0.05, 0.1) is 17.9 Å². The van der Waals surface area contributed by atoms with Crippen molar-refractivity contribution in [2.24, 2.45) is 4.99 Å². The fraction of sp³-hybridized carbons (Fsp3) is 0.105. The van der Waals surface area contributed by atoms with Crippen LogP contribution in [0, 0.1) is 12.7 Å². The maximum atomic E-state index is 13.7. The van der Waals surface area contributed by atoms with Crippen molar-refractivity contribution in [3.8, 4) is 11.4 Å². The number of para-hydroxylation sites is 2. The van der Waals surface area contributed by atoms with Crippen molar-refractivity contribution in [2.45, 2.75) is 13.5 Å². The number of ether oxygens (including phenoxy) is 1. The third-order valence-electron chi connectivity index (χ3n) is 4.02. The number of hydrogen-bond donors (Lipinski definition) is 0. The van der Waals surface area contributed by atoms with Gasteiger partial charge in [0.2, 0.25) is 0 Å². The molecule has 2 aromatic carbocycles. The van der Waals surface area contributed by atoms with E-state index in [0.717, 1.165) is 11.3 Å². The Balaban J connectivity index is 1.78. The number of nitrogens with zero attached hydrogens (tertiary/aromatic N) is 3. The number of fused-ring (bicyclic) bond motifs is 3. The Morgan fingerprint density at radius 3 is 2.76 bits per heavy atom. The second kappa shape index (κ2) is 5.98. The molecule has 124 valence electrons. The maximum absolute atomic E-state index is 13.7. The van der Waals surface area contributed by atoms with Crippen molar-refractivity contribution in [1.29, 1.82) is 0 Å². The first-order valence-corrected chi connectivity index (χ1v) is 7.79. The van der Waals surface area contributed by atoms with E-state index in [0.29, 0.717) is 11.5 Å². The predicted molar refractivity (Wildman–Crippen MR) is 91.0 cm³/mol. The summed E-state index contributed by atoms with van der Waals surface area (Å²) in [7, 11) is 0. The molecular formula is C19H14FN3O2. The second-order valence-corrected chi connectivity index (χ2v) is 5.64. The molecule has 4 rings (SSSR count). The SMILES string of the molecule is Cc1nc(C(=O)Oc2ccccc2F)c2n1-c1ccccc1C=NC2. The number of halogens is 1. The zero-order valence-electron chi connectivity index (χ0n) is 13.4. The van der Waals surface area contributed by atoms with Crippen LogP contribution in [0.5, 0.6) is 5.75 Å². The van der Waals surface area contributed by atoms with Crippen molar-refractivity contribution >= 4 is 12.2 Å². The van der Waals surface area contributed by atoms with Crippen LogP contribution in [-0.2, 0) is 6.54 Å². The molecule has 2 heterocycles. The minimum absolute atomic E-state index is 0.121. The number of benzene rings is 2. The van der Waals surface area contributed by atoms with Crippen LogP contribution in [0.4, 0.5) is 4.39 Å². The van der Waals surface area contributed by atoms with Crippen molar-refractivity contribution in [3.63, 3.8) is 0 Å². The summed E-state index contributed by atoms with van der Waals surface area (Å²) in [4.78, 5) is 21.3. The Bertz CT molecular complexity index is 1010. The number of imidazole rings is 1. The highest BCUT2D eigenvalue weighted by atomic mass is 19.1. The van der Waals surface area contributed by atoms with Gasteiger partial charge in [-0.3, -0.25) is 9.56 Å². The molecule has 0 spiro atoms. The van der Waals surface area contributed by atoms with Crippen LogP contribution in [0.2, 0.25) is 0 Å². The van der Waals surface area contributed by atoms with Gasteiger partial charge in [0.15, 0.2) is 17.3 Å². The fourth-order valence-corrected chi connectivity index (χ4v) is 2.91. The van der Waals surface area contributed by atoms with E-state index in [1.807, 2.05) is 35.8 Å². The Hall–Kier alpha value is -3.28. The molecule has 0 bridgehead atoms. The summed E-state index contributed by atoms with van der Waals surface area (Å²) in [6.45, 7) is 2.10. The minimum Gasteiger partial charge on any atom is -0.419 e. The smallest absolute Gasteiger partial charge is 0.364 e. The molecule has 0 atom stereocenters. The summed E-state index contributed by atoms with van der Waals surface area (Å²) in [5.41, 5.74) is 2.61. The molecule has 0 saturated heterocycles. The molecule has 0 aliphatic carbocycles. The molecule has 0 N–H and O–H groups in total. The van der Waals surface area contributed by atoms with E-state index in [9.17, 15) is 9.18 Å². The molecule has 1 aromatic heterocycles. The summed E-state index contributed by atoms with van der Waals surface area (Å²) in [6, 6.07) is 13.5. The van der Waals surface area contributed by atoms with Gasteiger partial charge in [-0.2, -0.15) is 0 Å². The number of carbonyl (C=O) groups excluding carboxylic acids is 1. The van der Waals surface area contributed by atoms with Crippen LogP contribution in [0.25, 0.3) is 5.69 Å². The number of rotatable bonds is 2. The van der Waals surface area contributed by atoms with Gasteiger partial charge in [-0.25, -0.2) is 14.2 Å². The average Bonchev–Trinajstić information content (AvgIpc) is 2.82. The minimum atomic E-state index is -0.698. The van der Waals surface area contributed by atoms with E-state index in [1.54, 1.807) is 12.3 Å². The van der Waals surface area contributed by atoms with Gasteiger partial charge in [0, 0.05) is 11.8 Å². The van der Waals surface area contributed by atoms with E-state index in [2.05, 4.69) is 9.98 Å². The molecule has 0 amide bonds. The van der Waals surface area contributed by atoms with Crippen LogP contribution in [-0.4, -0.2) is 21.7 Å². The Kier molecular flexibility index (Phi) is 3.65. The molecular weight excluding hydrogens is 321 g/mol. The van der Waals surface area contributed by atoms with Crippen LogP contribution in [0.3, 0.4) is 0 Å². The standard InChI is InChI=1S/C19H14FN3O2/c1-12-22-18(19(24)25-17-9-5-3-7-14(17)20)16-11-21-10-13-6-2-4-8-15(13)23(12)16/h2-10H,11H2,1H3. The average molecular weight is 335 g/mol. The van der Waals surface area contributed by atoms with Gasteiger partial charge in [0.1, 0.15) is 5.82 Å². The summed E-state index contributed by atoms with van der Waals surface area (Å²) >= 11 is 0. The van der Waals surface area contributed by atoms with Crippen molar-refractivity contribution < 1.29 is 13.9 Å². The van der Waals surface area contributed by atoms with Gasteiger partial charge < -0.3 is 4.74 Å². The number of aromatic nitrogens is 2. The van der Waals surface area contributed by atoms with Crippen molar-refractivity contribution in [3.05, 3.63) is 77.1 Å². The van der Waals surface area contributed by atoms with Crippen LogP contribution < -0.4 is 4.74 Å². The summed E-state index contributed by atoms with van der Waals surface area (Å²) in [5, 5.41) is 0. The van der Waals surface area contributed by atoms with Gasteiger partial charge in [-0.1, -0.05) is 30.3 Å². The molecule has 6 heteroatoms. The van der Waals surface area contributed by atoms with Crippen LogP contribution in [0.1, 0.15) is 27.6 Å². The summed E-state index contributed by atoms with van der Waals surface area (Å²) in [6.07, 6.45) is 1.77. The van der Waals surface area contributed by atoms with Crippen LogP contribution in [0.15, 0.2) is 53.5 Å². The summed E-state index contributed by atoms with van der Waals surface area (Å²) in [5.74, 6) is -0.768. The van der Waals surface area contributed by atoms with E-state index in [4.69, 9.17) is 4.74 Å². The Labute approximate surface area is 143 Å². The molecule has 3 aromatic rings. The number of esters is 1. The van der Waals surface area contributed by atoms with E-state index < -0.39 is 11.8 Å². The highest BCUT2D eigenvalue weighted by Gasteiger charge is 2.25. The van der Waals surface area contributed by atoms with E-state index >= 15 is 0 Å². The van der Waals surface area contributed by atoms with E-state index in [-0.39, 0.29) is 18.0 Å². The molecule has 0 saturated carbocycles. The lowest BCUT2D eigenvalue weighted by atomic mass is 10.2. The maximum Gasteiger partial charge on any atom is 0.364 e.